The van der Waals surface area contributed by atoms with Gasteiger partial charge in [-0.15, -0.1) is 11.3 Å². The second kappa shape index (κ2) is 6.00. The standard InChI is InChI=1S/C11H15NO5S2/c13-11(14)9-1-2-10(18-9)19(15,16)12-7-8-3-5-17-6-4-8/h1-2,8,12H,3-7H2,(H,13,14). The molecule has 0 aromatic carbocycles. The van der Waals surface area contributed by atoms with Crippen molar-refractivity contribution in [3.8, 4) is 0 Å². The molecule has 1 aliphatic heterocycles. The Bertz CT molecular complexity index is 545. The van der Waals surface area contributed by atoms with Gasteiger partial charge in [0.25, 0.3) is 0 Å². The van der Waals surface area contributed by atoms with Gasteiger partial charge < -0.3 is 9.84 Å². The van der Waals surface area contributed by atoms with Gasteiger partial charge in [-0.2, -0.15) is 0 Å². The van der Waals surface area contributed by atoms with E-state index in [1.165, 1.54) is 12.1 Å². The van der Waals surface area contributed by atoms with Crippen molar-refractivity contribution in [2.24, 2.45) is 5.92 Å². The highest BCUT2D eigenvalue weighted by atomic mass is 32.2. The summed E-state index contributed by atoms with van der Waals surface area (Å²) in [6.45, 7) is 1.69. The van der Waals surface area contributed by atoms with Crippen LogP contribution in [0.15, 0.2) is 16.3 Å². The molecule has 0 saturated carbocycles. The van der Waals surface area contributed by atoms with Crippen LogP contribution in [0, 0.1) is 5.92 Å². The lowest BCUT2D eigenvalue weighted by Gasteiger charge is -2.21. The Kier molecular flexibility index (Phi) is 4.56. The van der Waals surface area contributed by atoms with Gasteiger partial charge in [0.05, 0.1) is 0 Å². The molecule has 0 atom stereocenters. The maximum absolute atomic E-state index is 12.0. The monoisotopic (exact) mass is 305 g/mol. The van der Waals surface area contributed by atoms with Gasteiger partial charge >= 0.3 is 5.97 Å². The van der Waals surface area contributed by atoms with Crippen LogP contribution in [-0.2, 0) is 14.8 Å². The van der Waals surface area contributed by atoms with Gasteiger partial charge in [-0.05, 0) is 30.9 Å². The average molecular weight is 305 g/mol. The van der Waals surface area contributed by atoms with Crippen molar-refractivity contribution in [2.45, 2.75) is 17.1 Å². The van der Waals surface area contributed by atoms with E-state index in [0.717, 1.165) is 24.2 Å². The zero-order valence-electron chi connectivity index (χ0n) is 10.2. The molecule has 1 fully saturated rings. The van der Waals surface area contributed by atoms with Gasteiger partial charge in [0.1, 0.15) is 9.09 Å². The molecular weight excluding hydrogens is 290 g/mol. The number of hydrogen-bond acceptors (Lipinski definition) is 5. The number of ether oxygens (including phenoxy) is 1. The van der Waals surface area contributed by atoms with Crippen LogP contribution in [0.5, 0.6) is 0 Å². The summed E-state index contributed by atoms with van der Waals surface area (Å²) in [4.78, 5) is 10.7. The molecule has 0 bridgehead atoms. The minimum absolute atomic E-state index is 0.0199. The van der Waals surface area contributed by atoms with Crippen LogP contribution in [0.3, 0.4) is 0 Å². The summed E-state index contributed by atoms with van der Waals surface area (Å²) in [6.07, 6.45) is 1.68. The molecule has 0 aliphatic carbocycles. The minimum Gasteiger partial charge on any atom is -0.477 e. The predicted octanol–water partition coefficient (Wildman–Crippen LogP) is 1.15. The van der Waals surface area contributed by atoms with Crippen molar-refractivity contribution in [2.75, 3.05) is 19.8 Å². The average Bonchev–Trinajstić information content (AvgIpc) is 2.88. The molecule has 106 valence electrons. The summed E-state index contributed by atoms with van der Waals surface area (Å²) >= 11 is 0.760. The van der Waals surface area contributed by atoms with Gasteiger partial charge in [-0.3, -0.25) is 0 Å². The summed E-state index contributed by atoms with van der Waals surface area (Å²) in [5, 5.41) is 8.78. The van der Waals surface area contributed by atoms with Crippen LogP contribution in [-0.4, -0.2) is 39.3 Å². The molecule has 0 radical (unpaired) electrons. The van der Waals surface area contributed by atoms with Crippen molar-refractivity contribution < 1.29 is 23.1 Å². The number of nitrogens with one attached hydrogen (secondary N) is 1. The van der Waals surface area contributed by atoms with Crippen LogP contribution in [0.1, 0.15) is 22.5 Å². The number of sulfonamides is 1. The topological polar surface area (TPSA) is 92.7 Å². The lowest BCUT2D eigenvalue weighted by molar-refractivity contribution is 0.0677. The van der Waals surface area contributed by atoms with Gasteiger partial charge in [0.15, 0.2) is 0 Å². The first-order chi connectivity index (χ1) is 8.99. The molecule has 2 N–H and O–H groups in total. The van der Waals surface area contributed by atoms with Crippen LogP contribution in [0.4, 0.5) is 0 Å². The molecule has 1 aromatic heterocycles. The Morgan fingerprint density at radius 1 is 1.42 bits per heavy atom. The first kappa shape index (κ1) is 14.4. The summed E-state index contributed by atoms with van der Waals surface area (Å²) in [5.74, 6) is -0.835. The fraction of sp³-hybridized carbons (Fsp3) is 0.545. The first-order valence-electron chi connectivity index (χ1n) is 5.89. The van der Waals surface area contributed by atoms with Crippen LogP contribution < -0.4 is 4.72 Å². The molecule has 2 rings (SSSR count). The summed E-state index contributed by atoms with van der Waals surface area (Å²) in [6, 6.07) is 2.62. The Morgan fingerprint density at radius 2 is 2.11 bits per heavy atom. The number of carboxylic acids is 1. The largest absolute Gasteiger partial charge is 0.477 e. The molecule has 1 aromatic rings. The van der Waals surface area contributed by atoms with E-state index in [2.05, 4.69) is 4.72 Å². The number of hydrogen-bond donors (Lipinski definition) is 2. The molecule has 0 unspecified atom stereocenters. The SMILES string of the molecule is O=C(O)c1ccc(S(=O)(=O)NCC2CCOCC2)s1. The molecule has 2 heterocycles. The number of aromatic carboxylic acids is 1. The lowest BCUT2D eigenvalue weighted by atomic mass is 10.0. The molecule has 8 heteroatoms. The molecule has 0 spiro atoms. The van der Waals surface area contributed by atoms with E-state index in [1.54, 1.807) is 0 Å². The van der Waals surface area contributed by atoms with Gasteiger partial charge in [0.2, 0.25) is 10.0 Å². The molecule has 0 amide bonds. The maximum atomic E-state index is 12.0. The van der Waals surface area contributed by atoms with Crippen molar-refractivity contribution in [3.05, 3.63) is 17.0 Å². The van der Waals surface area contributed by atoms with Crippen molar-refractivity contribution in [3.63, 3.8) is 0 Å². The van der Waals surface area contributed by atoms with Gasteiger partial charge in [-0.25, -0.2) is 17.9 Å². The van der Waals surface area contributed by atoms with Crippen LogP contribution in [0.25, 0.3) is 0 Å². The number of rotatable bonds is 5. The third kappa shape index (κ3) is 3.75. The zero-order chi connectivity index (χ0) is 13.9. The molecular formula is C11H15NO5S2. The van der Waals surface area contributed by atoms with E-state index in [-0.39, 0.29) is 15.0 Å². The third-order valence-electron chi connectivity index (χ3n) is 2.96. The van der Waals surface area contributed by atoms with E-state index in [9.17, 15) is 13.2 Å². The fourth-order valence-corrected chi connectivity index (χ4v) is 4.13. The molecule has 1 saturated heterocycles. The quantitative estimate of drug-likeness (QED) is 0.851. The van der Waals surface area contributed by atoms with E-state index in [4.69, 9.17) is 9.84 Å². The highest BCUT2D eigenvalue weighted by Gasteiger charge is 2.21. The summed E-state index contributed by atoms with van der Waals surface area (Å²) < 4.78 is 31.7. The van der Waals surface area contributed by atoms with E-state index in [0.29, 0.717) is 19.8 Å². The Morgan fingerprint density at radius 3 is 2.68 bits per heavy atom. The van der Waals surface area contributed by atoms with Crippen molar-refractivity contribution >= 4 is 27.3 Å². The van der Waals surface area contributed by atoms with Gasteiger partial charge in [-0.1, -0.05) is 0 Å². The molecule has 19 heavy (non-hydrogen) atoms. The maximum Gasteiger partial charge on any atom is 0.345 e. The fourth-order valence-electron chi connectivity index (χ4n) is 1.83. The van der Waals surface area contributed by atoms with E-state index >= 15 is 0 Å². The van der Waals surface area contributed by atoms with E-state index in [1.807, 2.05) is 0 Å². The van der Waals surface area contributed by atoms with E-state index < -0.39 is 16.0 Å². The minimum atomic E-state index is -3.61. The summed E-state index contributed by atoms with van der Waals surface area (Å²) in [7, 11) is -3.61. The van der Waals surface area contributed by atoms with Crippen LogP contribution in [0.2, 0.25) is 0 Å². The summed E-state index contributed by atoms with van der Waals surface area (Å²) in [5.41, 5.74) is 0. The number of carboxylic acid groups (broad SMARTS) is 1. The molecule has 1 aliphatic rings. The normalized spacial score (nSPS) is 17.5. The Balaban J connectivity index is 1.98. The number of thiophene rings is 1. The van der Waals surface area contributed by atoms with Crippen molar-refractivity contribution in [1.82, 2.24) is 4.72 Å². The first-order valence-corrected chi connectivity index (χ1v) is 8.19. The highest BCUT2D eigenvalue weighted by Crippen LogP contribution is 2.22. The highest BCUT2D eigenvalue weighted by molar-refractivity contribution is 7.91. The second-order valence-electron chi connectivity index (χ2n) is 4.33. The lowest BCUT2D eigenvalue weighted by Crippen LogP contribution is -2.31. The smallest absolute Gasteiger partial charge is 0.345 e. The Labute approximate surface area is 115 Å². The second-order valence-corrected chi connectivity index (χ2v) is 7.41. The number of carbonyl (C=O) groups is 1. The predicted molar refractivity (Wildman–Crippen MR) is 70.0 cm³/mol. The van der Waals surface area contributed by atoms with Crippen LogP contribution >= 0.6 is 11.3 Å². The Hall–Kier alpha value is -0.960. The van der Waals surface area contributed by atoms with Gasteiger partial charge in [0, 0.05) is 19.8 Å². The van der Waals surface area contributed by atoms with Crippen molar-refractivity contribution in [1.29, 1.82) is 0 Å². The third-order valence-corrected chi connectivity index (χ3v) is 5.95. The zero-order valence-corrected chi connectivity index (χ0v) is 11.8. The molecule has 6 nitrogen and oxygen atoms in total.